The number of hydrogen-bond acceptors (Lipinski definition) is 4. The van der Waals surface area contributed by atoms with Crippen molar-refractivity contribution in [3.05, 3.63) is 40.7 Å². The van der Waals surface area contributed by atoms with Crippen molar-refractivity contribution in [2.75, 3.05) is 5.32 Å². The van der Waals surface area contributed by atoms with E-state index in [2.05, 4.69) is 25.8 Å². The Kier molecular flexibility index (Phi) is 5.86. The van der Waals surface area contributed by atoms with Crippen molar-refractivity contribution in [3.8, 4) is 0 Å². The largest absolute Gasteiger partial charge is 0.346 e. The molecule has 128 valence electrons. The zero-order valence-corrected chi connectivity index (χ0v) is 13.9. The van der Waals surface area contributed by atoms with Crippen LogP contribution in [-0.2, 0) is 9.59 Å². The van der Waals surface area contributed by atoms with Gasteiger partial charge in [0.2, 0.25) is 11.8 Å². The molecule has 3 N–H and O–H groups in total. The van der Waals surface area contributed by atoms with Gasteiger partial charge in [0.05, 0.1) is 11.1 Å². The van der Waals surface area contributed by atoms with E-state index in [1.807, 2.05) is 0 Å². The number of hydrogen-bond donors (Lipinski definition) is 3. The van der Waals surface area contributed by atoms with Crippen molar-refractivity contribution in [3.63, 3.8) is 0 Å². The Labute approximate surface area is 143 Å². The molecule has 0 radical (unpaired) electrons. The van der Waals surface area contributed by atoms with Crippen molar-refractivity contribution in [1.29, 1.82) is 0 Å². The summed E-state index contributed by atoms with van der Waals surface area (Å²) in [5, 5.41) is 11.8. The van der Waals surface area contributed by atoms with Crippen LogP contribution in [0.2, 0.25) is 5.02 Å². The molecule has 2 aromatic rings. The summed E-state index contributed by atoms with van der Waals surface area (Å²) in [5.74, 6) is -0.0913. The first-order valence-electron chi connectivity index (χ1n) is 7.28. The van der Waals surface area contributed by atoms with Gasteiger partial charge in [-0.15, -0.1) is 0 Å². The highest BCUT2D eigenvalue weighted by atomic mass is 35.5. The molecule has 0 fully saturated rings. The molecule has 0 spiro atoms. The van der Waals surface area contributed by atoms with Crippen molar-refractivity contribution in [1.82, 2.24) is 20.5 Å². The lowest BCUT2D eigenvalue weighted by Crippen LogP contribution is -2.28. The summed E-state index contributed by atoms with van der Waals surface area (Å²) in [6.07, 6.45) is -0.00489. The quantitative estimate of drug-likeness (QED) is 0.742. The van der Waals surface area contributed by atoms with Crippen molar-refractivity contribution < 1.29 is 14.0 Å². The highest BCUT2D eigenvalue weighted by Crippen LogP contribution is 2.19. The predicted molar refractivity (Wildman–Crippen MR) is 87.0 cm³/mol. The van der Waals surface area contributed by atoms with Crippen LogP contribution in [0.4, 0.5) is 10.1 Å². The van der Waals surface area contributed by atoms with E-state index in [-0.39, 0.29) is 35.7 Å². The Hall–Kier alpha value is -2.48. The Morgan fingerprint density at radius 3 is 2.67 bits per heavy atom. The monoisotopic (exact) mass is 353 g/mol. The van der Waals surface area contributed by atoms with Crippen molar-refractivity contribution >= 4 is 29.1 Å². The minimum atomic E-state index is -0.565. The smallest absolute Gasteiger partial charge is 0.224 e. The van der Waals surface area contributed by atoms with Gasteiger partial charge in [0, 0.05) is 18.5 Å². The van der Waals surface area contributed by atoms with Crippen molar-refractivity contribution in [2.45, 2.75) is 32.7 Å². The van der Waals surface area contributed by atoms with Crippen LogP contribution in [0.25, 0.3) is 0 Å². The van der Waals surface area contributed by atoms with Crippen LogP contribution in [0.5, 0.6) is 0 Å². The lowest BCUT2D eigenvalue weighted by Gasteiger charge is -2.10. The Bertz CT molecular complexity index is 749. The van der Waals surface area contributed by atoms with E-state index in [1.54, 1.807) is 13.8 Å². The highest BCUT2D eigenvalue weighted by Gasteiger charge is 2.15. The number of aromatic nitrogens is 3. The minimum absolute atomic E-state index is 0.00844. The maximum absolute atomic E-state index is 13.0. The lowest BCUT2D eigenvalue weighted by atomic mass is 10.2. The van der Waals surface area contributed by atoms with Gasteiger partial charge in [-0.2, -0.15) is 5.10 Å². The number of H-pyrrole nitrogens is 1. The summed E-state index contributed by atoms with van der Waals surface area (Å²) in [5.41, 5.74) is 0.372. The molecule has 9 heteroatoms. The number of amides is 2. The van der Waals surface area contributed by atoms with Crippen LogP contribution < -0.4 is 10.6 Å². The molecule has 2 rings (SSSR count). The molecule has 0 aliphatic carbocycles. The van der Waals surface area contributed by atoms with Gasteiger partial charge in [-0.05, 0) is 32.0 Å². The van der Waals surface area contributed by atoms with Gasteiger partial charge >= 0.3 is 0 Å². The number of aryl methyl sites for hydroxylation is 1. The molecule has 0 unspecified atom stereocenters. The third kappa shape index (κ3) is 5.02. The number of aromatic amines is 1. The number of halogens is 2. The minimum Gasteiger partial charge on any atom is -0.346 e. The molecule has 1 aromatic carbocycles. The third-order valence-corrected chi connectivity index (χ3v) is 3.45. The molecule has 0 saturated heterocycles. The van der Waals surface area contributed by atoms with E-state index >= 15 is 0 Å². The molecule has 0 saturated carbocycles. The molecule has 0 aliphatic rings. The Morgan fingerprint density at radius 1 is 1.33 bits per heavy atom. The maximum atomic E-state index is 13.0. The van der Waals surface area contributed by atoms with E-state index < -0.39 is 5.82 Å². The van der Waals surface area contributed by atoms with Crippen LogP contribution in [0, 0.1) is 12.7 Å². The van der Waals surface area contributed by atoms with Gasteiger partial charge < -0.3 is 10.6 Å². The fourth-order valence-electron chi connectivity index (χ4n) is 1.96. The van der Waals surface area contributed by atoms with Gasteiger partial charge in [0.25, 0.3) is 0 Å². The highest BCUT2D eigenvalue weighted by molar-refractivity contribution is 6.31. The summed E-state index contributed by atoms with van der Waals surface area (Å²) < 4.78 is 13.0. The van der Waals surface area contributed by atoms with E-state index in [9.17, 15) is 14.0 Å². The van der Waals surface area contributed by atoms with Crippen LogP contribution in [0.1, 0.15) is 37.5 Å². The number of anilines is 1. The van der Waals surface area contributed by atoms with Gasteiger partial charge in [-0.25, -0.2) is 9.37 Å². The van der Waals surface area contributed by atoms with Gasteiger partial charge in [-0.3, -0.25) is 14.7 Å². The SMILES string of the molecule is Cc1nc([C@@H](C)NC(=O)CCC(=O)Nc2ccc(F)c(Cl)c2)n[nH]1. The van der Waals surface area contributed by atoms with Crippen LogP contribution in [0.15, 0.2) is 18.2 Å². The maximum Gasteiger partial charge on any atom is 0.224 e. The molecule has 0 aliphatic heterocycles. The number of benzene rings is 1. The summed E-state index contributed by atoms with van der Waals surface area (Å²) in [6.45, 7) is 3.51. The fraction of sp³-hybridized carbons (Fsp3) is 0.333. The molecular weight excluding hydrogens is 337 g/mol. The fourth-order valence-corrected chi connectivity index (χ4v) is 2.14. The summed E-state index contributed by atoms with van der Waals surface area (Å²) in [6, 6.07) is 3.50. The van der Waals surface area contributed by atoms with Gasteiger partial charge in [0.1, 0.15) is 11.6 Å². The molecule has 1 atom stereocenters. The topological polar surface area (TPSA) is 99.8 Å². The Balaban J connectivity index is 1.78. The third-order valence-electron chi connectivity index (χ3n) is 3.16. The average Bonchev–Trinajstić information content (AvgIpc) is 2.96. The van der Waals surface area contributed by atoms with Crippen LogP contribution in [0.3, 0.4) is 0 Å². The molecule has 7 nitrogen and oxygen atoms in total. The number of nitrogens with one attached hydrogen (secondary N) is 3. The van der Waals surface area contributed by atoms with Gasteiger partial charge in [0.15, 0.2) is 5.82 Å². The molecular formula is C15H17ClFN5O2. The number of nitrogens with zero attached hydrogens (tertiary/aromatic N) is 2. The summed E-state index contributed by atoms with van der Waals surface area (Å²) in [7, 11) is 0. The van der Waals surface area contributed by atoms with E-state index in [4.69, 9.17) is 11.6 Å². The molecule has 2 amide bonds. The Morgan fingerprint density at radius 2 is 2.04 bits per heavy atom. The molecule has 1 aromatic heterocycles. The first kappa shape index (κ1) is 17.9. The number of carbonyl (C=O) groups is 2. The molecule has 0 bridgehead atoms. The van der Waals surface area contributed by atoms with E-state index in [0.29, 0.717) is 17.3 Å². The zero-order valence-electron chi connectivity index (χ0n) is 13.2. The zero-order chi connectivity index (χ0) is 17.7. The van der Waals surface area contributed by atoms with Crippen LogP contribution in [-0.4, -0.2) is 27.0 Å². The second-order valence-corrected chi connectivity index (χ2v) is 5.65. The number of carbonyl (C=O) groups excluding carboxylic acids is 2. The molecule has 24 heavy (non-hydrogen) atoms. The van der Waals surface area contributed by atoms with E-state index in [0.717, 1.165) is 6.07 Å². The molecule has 1 heterocycles. The van der Waals surface area contributed by atoms with E-state index in [1.165, 1.54) is 12.1 Å². The second kappa shape index (κ2) is 7.87. The standard InChI is InChI=1S/C15H17ClFN5O2/c1-8(15-19-9(2)21-22-15)18-13(23)5-6-14(24)20-10-3-4-12(17)11(16)7-10/h3-4,7-8H,5-6H2,1-2H3,(H,18,23)(H,20,24)(H,19,21,22)/t8-/m1/s1. The van der Waals surface area contributed by atoms with Crippen LogP contribution >= 0.6 is 11.6 Å². The first-order chi connectivity index (χ1) is 11.3. The second-order valence-electron chi connectivity index (χ2n) is 5.25. The van der Waals surface area contributed by atoms with Crippen molar-refractivity contribution in [2.24, 2.45) is 0 Å². The first-order valence-corrected chi connectivity index (χ1v) is 7.66. The number of rotatable bonds is 6. The lowest BCUT2D eigenvalue weighted by molar-refractivity contribution is -0.124. The average molecular weight is 354 g/mol. The normalized spacial score (nSPS) is 11.8. The van der Waals surface area contributed by atoms with Gasteiger partial charge in [-0.1, -0.05) is 11.6 Å². The summed E-state index contributed by atoms with van der Waals surface area (Å²) >= 11 is 5.64. The predicted octanol–water partition coefficient (Wildman–Crippen LogP) is 2.50. The summed E-state index contributed by atoms with van der Waals surface area (Å²) in [4.78, 5) is 27.8.